The second-order valence-corrected chi connectivity index (χ2v) is 6.99. The molecule has 0 aromatic rings. The fourth-order valence-corrected chi connectivity index (χ4v) is 2.18. The van der Waals surface area contributed by atoms with Crippen LogP contribution in [0.5, 0.6) is 0 Å². The Hall–Kier alpha value is -0.440. The molecule has 0 spiro atoms. The molecule has 2 nitrogen and oxygen atoms in total. The van der Waals surface area contributed by atoms with E-state index in [2.05, 4.69) is 23.8 Å². The Morgan fingerprint density at radius 3 is 2.50 bits per heavy atom. The average Bonchev–Trinajstić information content (AvgIpc) is 2.31. The van der Waals surface area contributed by atoms with Crippen molar-refractivity contribution in [3.05, 3.63) is 0 Å². The lowest BCUT2D eigenvalue weighted by Gasteiger charge is -2.15. The molecule has 70 valence electrons. The van der Waals surface area contributed by atoms with Gasteiger partial charge in [-0.15, -0.1) is 0 Å². The van der Waals surface area contributed by atoms with Gasteiger partial charge in [0.1, 0.15) is 10.6 Å². The molecular weight excluding hydrogens is 170 g/mol. The highest BCUT2D eigenvalue weighted by Crippen LogP contribution is 2.33. The minimum absolute atomic E-state index is 0.141. The molecule has 0 bridgehead atoms. The highest BCUT2D eigenvalue weighted by atomic mass is 32.2. The van der Waals surface area contributed by atoms with Gasteiger partial charge in [0.05, 0.1) is 0 Å². The van der Waals surface area contributed by atoms with Gasteiger partial charge in [0.2, 0.25) is 0 Å². The SMILES string of the molecule is C=S(=C)(CC)C1=NOC(C)(C)C1. The maximum absolute atomic E-state index is 5.27. The number of rotatable bonds is 1. The van der Waals surface area contributed by atoms with Gasteiger partial charge >= 0.3 is 0 Å². The molecule has 0 aromatic carbocycles. The summed E-state index contributed by atoms with van der Waals surface area (Å²) in [5, 5.41) is 5.12. The smallest absolute Gasteiger partial charge is 0.138 e. The summed E-state index contributed by atoms with van der Waals surface area (Å²) in [6, 6.07) is 0. The normalized spacial score (nSPS) is 21.8. The summed E-state index contributed by atoms with van der Waals surface area (Å²) in [6.07, 6.45) is 0.878. The first-order valence-corrected chi connectivity index (χ1v) is 6.23. The van der Waals surface area contributed by atoms with Crippen LogP contribution in [0.25, 0.3) is 0 Å². The van der Waals surface area contributed by atoms with Crippen LogP contribution in [0.3, 0.4) is 0 Å². The van der Waals surface area contributed by atoms with E-state index in [9.17, 15) is 0 Å². The van der Waals surface area contributed by atoms with Crippen molar-refractivity contribution in [2.24, 2.45) is 5.16 Å². The van der Waals surface area contributed by atoms with E-state index >= 15 is 0 Å². The maximum atomic E-state index is 5.27. The first-order chi connectivity index (χ1) is 5.37. The maximum Gasteiger partial charge on any atom is 0.138 e. The molecule has 0 saturated heterocycles. The van der Waals surface area contributed by atoms with Gasteiger partial charge in [-0.1, -0.05) is 23.8 Å². The van der Waals surface area contributed by atoms with Gasteiger partial charge in [-0.2, -0.15) is 9.21 Å². The Morgan fingerprint density at radius 2 is 2.17 bits per heavy atom. The molecule has 0 atom stereocenters. The fourth-order valence-electron chi connectivity index (χ4n) is 1.00. The summed E-state index contributed by atoms with van der Waals surface area (Å²) in [5.74, 6) is 9.17. The quantitative estimate of drug-likeness (QED) is 0.577. The van der Waals surface area contributed by atoms with E-state index in [-0.39, 0.29) is 5.60 Å². The van der Waals surface area contributed by atoms with Gasteiger partial charge < -0.3 is 4.84 Å². The van der Waals surface area contributed by atoms with Crippen molar-refractivity contribution in [1.29, 1.82) is 0 Å². The lowest BCUT2D eigenvalue weighted by atomic mass is 10.1. The highest BCUT2D eigenvalue weighted by molar-refractivity contribution is 8.39. The largest absolute Gasteiger partial charge is 0.389 e. The Kier molecular flexibility index (Phi) is 2.25. The van der Waals surface area contributed by atoms with Crippen LogP contribution in [0.1, 0.15) is 27.2 Å². The monoisotopic (exact) mass is 187 g/mol. The molecule has 0 unspecified atom stereocenters. The second kappa shape index (κ2) is 2.80. The van der Waals surface area contributed by atoms with E-state index in [0.29, 0.717) is 0 Å². The van der Waals surface area contributed by atoms with Crippen LogP contribution in [0, 0.1) is 0 Å². The molecule has 3 heteroatoms. The van der Waals surface area contributed by atoms with Crippen LogP contribution in [-0.4, -0.2) is 28.1 Å². The van der Waals surface area contributed by atoms with Crippen molar-refractivity contribution in [3.63, 3.8) is 0 Å². The summed E-state index contributed by atoms with van der Waals surface area (Å²) >= 11 is 0. The zero-order valence-corrected chi connectivity index (χ0v) is 8.91. The van der Waals surface area contributed by atoms with Crippen molar-refractivity contribution < 1.29 is 4.84 Å². The summed E-state index contributed by atoms with van der Waals surface area (Å²) < 4.78 is 0. The van der Waals surface area contributed by atoms with Crippen LogP contribution in [0.2, 0.25) is 0 Å². The summed E-state index contributed by atoms with van der Waals surface area (Å²) in [6.45, 7) is 6.17. The average molecular weight is 187 g/mol. The van der Waals surface area contributed by atoms with E-state index in [0.717, 1.165) is 17.2 Å². The third-order valence-electron chi connectivity index (χ3n) is 2.02. The minimum atomic E-state index is -1.14. The standard InChI is InChI=1S/C9H17NOS/c1-6-12(4,5)8-7-9(2,3)11-10-8/h4-7H2,1-3H3. The number of hydrogen-bond acceptors (Lipinski definition) is 2. The molecule has 0 saturated carbocycles. The van der Waals surface area contributed by atoms with E-state index in [1.165, 1.54) is 0 Å². The third kappa shape index (κ3) is 1.83. The van der Waals surface area contributed by atoms with Gasteiger partial charge in [-0.25, -0.2) is 0 Å². The fraction of sp³-hybridized carbons (Fsp3) is 0.667. The summed E-state index contributed by atoms with van der Waals surface area (Å²) in [4.78, 5) is 5.27. The van der Waals surface area contributed by atoms with Gasteiger partial charge in [0.25, 0.3) is 0 Å². The van der Waals surface area contributed by atoms with Gasteiger partial charge in [-0.05, 0) is 19.6 Å². The Bertz CT molecular complexity index is 298. The summed E-state index contributed by atoms with van der Waals surface area (Å²) in [7, 11) is -1.14. The van der Waals surface area contributed by atoms with E-state index < -0.39 is 9.21 Å². The third-order valence-corrected chi connectivity index (χ3v) is 4.35. The van der Waals surface area contributed by atoms with E-state index in [1.807, 2.05) is 13.8 Å². The van der Waals surface area contributed by atoms with E-state index in [1.54, 1.807) is 0 Å². The number of oxime groups is 1. The summed E-state index contributed by atoms with van der Waals surface area (Å²) in [5.41, 5.74) is -0.141. The molecule has 1 heterocycles. The molecule has 0 radical (unpaired) electrons. The molecule has 0 aromatic heterocycles. The topological polar surface area (TPSA) is 21.6 Å². The van der Waals surface area contributed by atoms with Crippen LogP contribution in [-0.2, 0) is 4.84 Å². The van der Waals surface area contributed by atoms with E-state index in [4.69, 9.17) is 4.84 Å². The molecule has 12 heavy (non-hydrogen) atoms. The number of nitrogens with zero attached hydrogens (tertiary/aromatic N) is 1. The molecule has 1 aliphatic heterocycles. The number of hydrogen-bond donors (Lipinski definition) is 0. The molecule has 1 rings (SSSR count). The van der Waals surface area contributed by atoms with Crippen LogP contribution in [0.15, 0.2) is 5.16 Å². The zero-order chi connectivity index (χ0) is 9.41. The van der Waals surface area contributed by atoms with Crippen LogP contribution >= 0.6 is 9.21 Å². The molecule has 0 N–H and O–H groups in total. The zero-order valence-electron chi connectivity index (χ0n) is 8.09. The molecule has 1 aliphatic rings. The van der Waals surface area contributed by atoms with Crippen molar-refractivity contribution in [2.45, 2.75) is 32.8 Å². The van der Waals surface area contributed by atoms with Crippen molar-refractivity contribution in [1.82, 2.24) is 0 Å². The van der Waals surface area contributed by atoms with Crippen molar-refractivity contribution in [3.8, 4) is 0 Å². The second-order valence-electron chi connectivity index (χ2n) is 3.85. The van der Waals surface area contributed by atoms with Crippen molar-refractivity contribution >= 4 is 26.0 Å². The Balaban J connectivity index is 2.84. The molecule has 0 fully saturated rings. The van der Waals surface area contributed by atoms with Gasteiger partial charge in [0, 0.05) is 6.42 Å². The van der Waals surface area contributed by atoms with Crippen LogP contribution < -0.4 is 0 Å². The van der Waals surface area contributed by atoms with Crippen molar-refractivity contribution in [2.75, 3.05) is 5.75 Å². The lowest BCUT2D eigenvalue weighted by Crippen LogP contribution is -2.19. The Morgan fingerprint density at radius 1 is 1.58 bits per heavy atom. The van der Waals surface area contributed by atoms with Gasteiger partial charge in [0.15, 0.2) is 0 Å². The molecular formula is C9H17NOS. The Labute approximate surface area is 75.1 Å². The molecule has 0 aliphatic carbocycles. The lowest BCUT2D eigenvalue weighted by molar-refractivity contribution is 0.0123. The predicted octanol–water partition coefficient (Wildman–Crippen LogP) is 2.19. The van der Waals surface area contributed by atoms with Crippen LogP contribution in [0.4, 0.5) is 0 Å². The first-order valence-electron chi connectivity index (χ1n) is 4.09. The highest BCUT2D eigenvalue weighted by Gasteiger charge is 2.30. The molecule has 0 amide bonds. The predicted molar refractivity (Wildman–Crippen MR) is 59.6 cm³/mol. The minimum Gasteiger partial charge on any atom is -0.389 e. The first kappa shape index (κ1) is 9.65. The van der Waals surface area contributed by atoms with Gasteiger partial charge in [-0.3, -0.25) is 0 Å².